The second-order valence-electron chi connectivity index (χ2n) is 4.28. The summed E-state index contributed by atoms with van der Waals surface area (Å²) in [6.45, 7) is 2.60. The van der Waals surface area contributed by atoms with Gasteiger partial charge in [0.1, 0.15) is 0 Å². The molecule has 3 nitrogen and oxygen atoms in total. The van der Waals surface area contributed by atoms with Gasteiger partial charge < -0.3 is 4.90 Å². The summed E-state index contributed by atoms with van der Waals surface area (Å²) in [6, 6.07) is 3.06. The van der Waals surface area contributed by atoms with Crippen LogP contribution >= 0.6 is 23.2 Å². The number of Topliss-reactive ketones (excluding diaryl/α,β-unsaturated/α-hetero) is 1. The number of hydrogen-bond acceptors (Lipinski definition) is 2. The summed E-state index contributed by atoms with van der Waals surface area (Å²) in [5, 5.41) is 0.725. The minimum Gasteiger partial charge on any atom is -0.303 e. The molecule has 0 saturated carbocycles. The maximum absolute atomic E-state index is 11.9. The summed E-state index contributed by atoms with van der Waals surface area (Å²) in [6.07, 6.45) is 2.92. The van der Waals surface area contributed by atoms with Crippen molar-refractivity contribution in [3.05, 3.63) is 27.7 Å². The summed E-state index contributed by atoms with van der Waals surface area (Å²) in [4.78, 5) is 25.2. The molecular formula is C13H13Cl2NO2. The Morgan fingerprint density at radius 1 is 1.17 bits per heavy atom. The Bertz CT molecular complexity index is 514. The molecule has 0 aliphatic carbocycles. The predicted octanol–water partition coefficient (Wildman–Crippen LogP) is 3.71. The Morgan fingerprint density at radius 3 is 2.56 bits per heavy atom. The van der Waals surface area contributed by atoms with Crippen LogP contribution in [0.4, 0.5) is 5.69 Å². The average molecular weight is 286 g/mol. The van der Waals surface area contributed by atoms with Gasteiger partial charge in [-0.1, -0.05) is 43.0 Å². The van der Waals surface area contributed by atoms with Gasteiger partial charge in [0.05, 0.1) is 16.3 Å². The average Bonchev–Trinajstić information content (AvgIpc) is 2.55. The van der Waals surface area contributed by atoms with Crippen LogP contribution in [0.1, 0.15) is 36.5 Å². The van der Waals surface area contributed by atoms with Gasteiger partial charge in [0.25, 0.3) is 11.7 Å². The molecule has 0 bridgehead atoms. The molecule has 1 aliphatic rings. The lowest BCUT2D eigenvalue weighted by atomic mass is 10.1. The highest BCUT2D eigenvalue weighted by Crippen LogP contribution is 2.38. The smallest absolute Gasteiger partial charge is 0.299 e. The number of carbonyl (C=O) groups excluding carboxylic acids is 2. The quantitative estimate of drug-likeness (QED) is 0.625. The van der Waals surface area contributed by atoms with E-state index in [-0.39, 0.29) is 0 Å². The zero-order valence-corrected chi connectivity index (χ0v) is 11.5. The van der Waals surface area contributed by atoms with Crippen LogP contribution in [0, 0.1) is 0 Å². The number of fused-ring (bicyclic) bond motifs is 1. The van der Waals surface area contributed by atoms with E-state index in [2.05, 4.69) is 6.92 Å². The second kappa shape index (κ2) is 5.29. The number of anilines is 1. The summed E-state index contributed by atoms with van der Waals surface area (Å²) in [5.41, 5.74) is 0.821. The lowest BCUT2D eigenvalue weighted by Crippen LogP contribution is -2.30. The molecule has 1 heterocycles. The van der Waals surface area contributed by atoms with E-state index in [0.717, 1.165) is 19.3 Å². The molecule has 1 aromatic carbocycles. The number of amides is 1. The molecule has 0 spiro atoms. The monoisotopic (exact) mass is 285 g/mol. The van der Waals surface area contributed by atoms with Crippen molar-refractivity contribution in [3.63, 3.8) is 0 Å². The number of nitrogens with zero attached hydrogens (tertiary/aromatic N) is 1. The van der Waals surface area contributed by atoms with Crippen LogP contribution in [-0.4, -0.2) is 18.2 Å². The molecule has 0 N–H and O–H groups in total. The zero-order chi connectivity index (χ0) is 13.3. The molecule has 1 aliphatic heterocycles. The van der Waals surface area contributed by atoms with Gasteiger partial charge in [0.2, 0.25) is 0 Å². The Kier molecular flexibility index (Phi) is 3.93. The van der Waals surface area contributed by atoms with Crippen molar-refractivity contribution >= 4 is 40.6 Å². The van der Waals surface area contributed by atoms with Gasteiger partial charge in [-0.25, -0.2) is 0 Å². The summed E-state index contributed by atoms with van der Waals surface area (Å²) >= 11 is 11.9. The maximum atomic E-state index is 11.9. The van der Waals surface area contributed by atoms with Crippen molar-refractivity contribution in [2.45, 2.75) is 26.2 Å². The molecule has 0 aromatic heterocycles. The first-order valence-electron chi connectivity index (χ1n) is 5.91. The molecule has 0 atom stereocenters. The lowest BCUT2D eigenvalue weighted by Gasteiger charge is -2.17. The van der Waals surface area contributed by atoms with Gasteiger partial charge in [-0.2, -0.15) is 0 Å². The van der Waals surface area contributed by atoms with Gasteiger partial charge in [-0.3, -0.25) is 9.59 Å². The minimum absolute atomic E-state index is 0.314. The molecule has 1 aromatic rings. The number of halogens is 2. The molecule has 96 valence electrons. The Labute approximate surface area is 116 Å². The Balaban J connectivity index is 2.36. The molecular weight excluding hydrogens is 273 g/mol. The van der Waals surface area contributed by atoms with E-state index in [4.69, 9.17) is 23.2 Å². The van der Waals surface area contributed by atoms with Crippen LogP contribution in [0.5, 0.6) is 0 Å². The van der Waals surface area contributed by atoms with Crippen LogP contribution in [0.3, 0.4) is 0 Å². The highest BCUT2D eigenvalue weighted by Gasteiger charge is 2.37. The van der Waals surface area contributed by atoms with Crippen LogP contribution in [0.15, 0.2) is 12.1 Å². The van der Waals surface area contributed by atoms with Crippen molar-refractivity contribution < 1.29 is 9.59 Å². The van der Waals surface area contributed by atoms with Crippen molar-refractivity contribution in [2.24, 2.45) is 0 Å². The fourth-order valence-corrected chi connectivity index (χ4v) is 2.68. The summed E-state index contributed by atoms with van der Waals surface area (Å²) in [7, 11) is 0. The Hall–Kier alpha value is -1.06. The van der Waals surface area contributed by atoms with Crippen LogP contribution < -0.4 is 4.90 Å². The van der Waals surface area contributed by atoms with Gasteiger partial charge >= 0.3 is 0 Å². The van der Waals surface area contributed by atoms with Crippen LogP contribution in [0.25, 0.3) is 0 Å². The summed E-state index contributed by atoms with van der Waals surface area (Å²) in [5.74, 6) is -1.03. The highest BCUT2D eigenvalue weighted by atomic mass is 35.5. The van der Waals surface area contributed by atoms with Crippen molar-refractivity contribution in [1.82, 2.24) is 0 Å². The zero-order valence-electron chi connectivity index (χ0n) is 10.0. The molecule has 18 heavy (non-hydrogen) atoms. The maximum Gasteiger partial charge on any atom is 0.299 e. The fourth-order valence-electron chi connectivity index (χ4n) is 2.09. The largest absolute Gasteiger partial charge is 0.303 e. The molecule has 5 heteroatoms. The highest BCUT2D eigenvalue weighted by molar-refractivity contribution is 6.54. The third kappa shape index (κ3) is 2.25. The second-order valence-corrected chi connectivity index (χ2v) is 5.12. The first-order valence-corrected chi connectivity index (χ1v) is 6.67. The van der Waals surface area contributed by atoms with E-state index >= 15 is 0 Å². The molecule has 2 rings (SSSR count). The van der Waals surface area contributed by atoms with Crippen LogP contribution in [0.2, 0.25) is 10.0 Å². The third-order valence-electron chi connectivity index (χ3n) is 2.97. The number of carbonyl (C=O) groups is 2. The van der Waals surface area contributed by atoms with Gasteiger partial charge in [0.15, 0.2) is 0 Å². The van der Waals surface area contributed by atoms with E-state index in [1.807, 2.05) is 0 Å². The molecule has 0 fully saturated rings. The van der Waals surface area contributed by atoms with E-state index in [0.29, 0.717) is 27.8 Å². The van der Waals surface area contributed by atoms with Gasteiger partial charge in [0, 0.05) is 11.6 Å². The number of hydrogen-bond donors (Lipinski definition) is 0. The summed E-state index contributed by atoms with van der Waals surface area (Å²) < 4.78 is 0. The topological polar surface area (TPSA) is 37.4 Å². The van der Waals surface area contributed by atoms with Crippen molar-refractivity contribution in [3.8, 4) is 0 Å². The Morgan fingerprint density at radius 2 is 1.89 bits per heavy atom. The predicted molar refractivity (Wildman–Crippen MR) is 72.7 cm³/mol. The normalized spacial score (nSPS) is 14.3. The number of rotatable bonds is 4. The fraction of sp³-hybridized carbons (Fsp3) is 0.385. The molecule has 0 unspecified atom stereocenters. The van der Waals surface area contributed by atoms with E-state index in [9.17, 15) is 9.59 Å². The molecule has 1 amide bonds. The van der Waals surface area contributed by atoms with Crippen molar-refractivity contribution in [2.75, 3.05) is 11.4 Å². The van der Waals surface area contributed by atoms with Crippen molar-refractivity contribution in [1.29, 1.82) is 0 Å². The first kappa shape index (κ1) is 13.4. The number of benzene rings is 1. The molecule has 0 radical (unpaired) electrons. The first-order chi connectivity index (χ1) is 8.56. The lowest BCUT2D eigenvalue weighted by molar-refractivity contribution is -0.114. The van der Waals surface area contributed by atoms with Crippen LogP contribution in [-0.2, 0) is 4.79 Å². The number of unbranched alkanes of at least 4 members (excludes halogenated alkanes) is 2. The standard InChI is InChI=1S/C13H13Cl2NO2/c1-2-3-4-5-16-11-9(12(17)13(16)18)6-8(14)7-10(11)15/h6-7H,2-5H2,1H3. The third-order valence-corrected chi connectivity index (χ3v) is 3.47. The van der Waals surface area contributed by atoms with E-state index < -0.39 is 11.7 Å². The van der Waals surface area contributed by atoms with Gasteiger partial charge in [-0.15, -0.1) is 0 Å². The minimum atomic E-state index is -0.522. The number of ketones is 1. The SMILES string of the molecule is CCCCCN1C(=O)C(=O)c2cc(Cl)cc(Cl)c21. The van der Waals surface area contributed by atoms with Gasteiger partial charge in [-0.05, 0) is 18.6 Å². The molecule has 0 saturated heterocycles. The van der Waals surface area contributed by atoms with E-state index in [1.165, 1.54) is 11.0 Å². The van der Waals surface area contributed by atoms with E-state index in [1.54, 1.807) is 6.07 Å².